The van der Waals surface area contributed by atoms with Crippen LogP contribution in [-0.4, -0.2) is 41.1 Å². The van der Waals surface area contributed by atoms with Crippen molar-refractivity contribution in [1.82, 2.24) is 4.90 Å². The van der Waals surface area contributed by atoms with Crippen LogP contribution in [-0.2, 0) is 9.59 Å². The van der Waals surface area contributed by atoms with Gasteiger partial charge in [-0.3, -0.25) is 9.59 Å². The highest BCUT2D eigenvalue weighted by molar-refractivity contribution is 6.04. The average molecular weight is 289 g/mol. The van der Waals surface area contributed by atoms with E-state index in [1.807, 2.05) is 30.3 Å². The van der Waals surface area contributed by atoms with E-state index in [-0.39, 0.29) is 12.0 Å². The Balaban J connectivity index is 1.54. The van der Waals surface area contributed by atoms with Gasteiger partial charge in [0.15, 0.2) is 0 Å². The van der Waals surface area contributed by atoms with E-state index in [2.05, 4.69) is 0 Å². The van der Waals surface area contributed by atoms with Crippen LogP contribution in [0.4, 0.5) is 0 Å². The number of carbonyl (C=O) groups is 2. The van der Waals surface area contributed by atoms with Crippen LogP contribution in [0.1, 0.15) is 25.7 Å². The zero-order valence-electron chi connectivity index (χ0n) is 11.8. The molecular weight excluding hydrogens is 270 g/mol. The van der Waals surface area contributed by atoms with Crippen molar-refractivity contribution in [2.45, 2.75) is 31.8 Å². The second-order valence-electron chi connectivity index (χ2n) is 5.81. The van der Waals surface area contributed by atoms with Crippen molar-refractivity contribution in [3.8, 4) is 5.75 Å². The maximum Gasteiger partial charge on any atom is 0.319 e. The van der Waals surface area contributed by atoms with E-state index in [0.29, 0.717) is 25.9 Å². The Bertz CT molecular complexity index is 530. The summed E-state index contributed by atoms with van der Waals surface area (Å²) in [6, 6.07) is 9.63. The lowest BCUT2D eigenvalue weighted by atomic mass is 10.0. The van der Waals surface area contributed by atoms with Crippen molar-refractivity contribution in [3.05, 3.63) is 30.3 Å². The van der Waals surface area contributed by atoms with Gasteiger partial charge in [-0.05, 0) is 25.0 Å². The minimum absolute atomic E-state index is 0.0939. The van der Waals surface area contributed by atoms with Crippen molar-refractivity contribution in [3.63, 3.8) is 0 Å². The minimum atomic E-state index is -1.12. The molecule has 1 amide bonds. The summed E-state index contributed by atoms with van der Waals surface area (Å²) in [4.78, 5) is 25.2. The number of benzene rings is 1. The fourth-order valence-corrected chi connectivity index (χ4v) is 2.82. The number of carbonyl (C=O) groups excluding carboxylic acids is 1. The first-order valence-corrected chi connectivity index (χ1v) is 7.36. The van der Waals surface area contributed by atoms with Crippen LogP contribution >= 0.6 is 0 Å². The van der Waals surface area contributed by atoms with Gasteiger partial charge in [0.2, 0.25) is 5.91 Å². The molecule has 1 saturated carbocycles. The normalized spacial score (nSPS) is 20.9. The molecule has 2 fully saturated rings. The molecule has 0 spiro atoms. The van der Waals surface area contributed by atoms with Crippen LogP contribution in [0.25, 0.3) is 0 Å². The van der Waals surface area contributed by atoms with Gasteiger partial charge in [-0.15, -0.1) is 0 Å². The second-order valence-corrected chi connectivity index (χ2v) is 5.81. The van der Waals surface area contributed by atoms with E-state index < -0.39 is 11.4 Å². The van der Waals surface area contributed by atoms with Crippen LogP contribution in [0.2, 0.25) is 0 Å². The summed E-state index contributed by atoms with van der Waals surface area (Å²) in [6.07, 6.45) is 2.53. The first kappa shape index (κ1) is 13.9. The van der Waals surface area contributed by atoms with Crippen molar-refractivity contribution in [1.29, 1.82) is 0 Å². The smallest absolute Gasteiger partial charge is 0.319 e. The van der Waals surface area contributed by atoms with E-state index in [4.69, 9.17) is 4.74 Å². The van der Waals surface area contributed by atoms with Crippen molar-refractivity contribution < 1.29 is 19.4 Å². The monoisotopic (exact) mass is 289 g/mol. The van der Waals surface area contributed by atoms with Crippen LogP contribution in [0.15, 0.2) is 30.3 Å². The Labute approximate surface area is 123 Å². The summed E-state index contributed by atoms with van der Waals surface area (Å²) >= 11 is 0. The number of hydrogen-bond donors (Lipinski definition) is 1. The van der Waals surface area contributed by atoms with Crippen LogP contribution in [0.5, 0.6) is 5.75 Å². The maximum absolute atomic E-state index is 12.3. The zero-order chi connectivity index (χ0) is 14.9. The highest BCUT2D eigenvalue weighted by Crippen LogP contribution is 2.47. The Morgan fingerprint density at radius 2 is 1.76 bits per heavy atom. The van der Waals surface area contributed by atoms with E-state index in [0.717, 1.165) is 18.6 Å². The first-order chi connectivity index (χ1) is 10.1. The molecule has 2 aliphatic rings. The molecule has 1 saturated heterocycles. The van der Waals surface area contributed by atoms with Gasteiger partial charge in [0, 0.05) is 25.9 Å². The van der Waals surface area contributed by atoms with Gasteiger partial charge in [0.05, 0.1) is 0 Å². The number of aliphatic carboxylic acids is 1. The van der Waals surface area contributed by atoms with Crippen molar-refractivity contribution >= 4 is 11.9 Å². The molecule has 1 N–H and O–H groups in total. The molecule has 0 atom stereocenters. The number of para-hydroxylation sites is 1. The van der Waals surface area contributed by atoms with Gasteiger partial charge in [-0.25, -0.2) is 0 Å². The predicted molar refractivity (Wildman–Crippen MR) is 76.0 cm³/mol. The quantitative estimate of drug-likeness (QED) is 0.860. The second kappa shape index (κ2) is 5.39. The Morgan fingerprint density at radius 3 is 2.29 bits per heavy atom. The minimum Gasteiger partial charge on any atom is -0.490 e. The van der Waals surface area contributed by atoms with Crippen LogP contribution in [0.3, 0.4) is 0 Å². The summed E-state index contributed by atoms with van der Waals surface area (Å²) in [5.41, 5.74) is -1.12. The standard InChI is InChI=1S/C16H19NO4/c18-14(16(8-9-16)15(19)20)17-10-6-13(7-11-17)21-12-4-2-1-3-5-12/h1-5,13H,6-11H2,(H,19,20). The summed E-state index contributed by atoms with van der Waals surface area (Å²) in [5.74, 6) is -0.352. The third kappa shape index (κ3) is 2.73. The molecule has 21 heavy (non-hydrogen) atoms. The van der Waals surface area contributed by atoms with E-state index in [1.165, 1.54) is 0 Å². The highest BCUT2D eigenvalue weighted by Gasteiger charge is 2.58. The molecule has 0 bridgehead atoms. The van der Waals surface area contributed by atoms with Gasteiger partial charge in [0.25, 0.3) is 0 Å². The predicted octanol–water partition coefficient (Wildman–Crippen LogP) is 1.92. The van der Waals surface area contributed by atoms with Crippen LogP contribution in [0, 0.1) is 5.41 Å². The topological polar surface area (TPSA) is 66.8 Å². The fourth-order valence-electron chi connectivity index (χ4n) is 2.82. The lowest BCUT2D eigenvalue weighted by Crippen LogP contribution is -2.46. The lowest BCUT2D eigenvalue weighted by Gasteiger charge is -2.33. The Morgan fingerprint density at radius 1 is 1.14 bits per heavy atom. The van der Waals surface area contributed by atoms with E-state index in [9.17, 15) is 14.7 Å². The number of rotatable bonds is 4. The molecule has 112 valence electrons. The Kier molecular flexibility index (Phi) is 3.57. The van der Waals surface area contributed by atoms with Crippen LogP contribution < -0.4 is 4.74 Å². The molecule has 1 heterocycles. The summed E-state index contributed by atoms with van der Waals surface area (Å²) in [6.45, 7) is 1.15. The fraction of sp³-hybridized carbons (Fsp3) is 0.500. The van der Waals surface area contributed by atoms with Gasteiger partial charge < -0.3 is 14.7 Å². The molecule has 1 aliphatic carbocycles. The number of carboxylic acids is 1. The van der Waals surface area contributed by atoms with Gasteiger partial charge >= 0.3 is 5.97 Å². The number of nitrogens with zero attached hydrogens (tertiary/aromatic N) is 1. The van der Waals surface area contributed by atoms with E-state index in [1.54, 1.807) is 4.90 Å². The molecule has 1 aromatic rings. The first-order valence-electron chi connectivity index (χ1n) is 7.36. The molecule has 5 nitrogen and oxygen atoms in total. The summed E-state index contributed by atoms with van der Waals surface area (Å²) in [5, 5.41) is 9.18. The molecule has 0 aromatic heterocycles. The number of carboxylic acid groups (broad SMARTS) is 1. The summed E-state index contributed by atoms with van der Waals surface area (Å²) < 4.78 is 5.88. The molecule has 0 radical (unpaired) electrons. The zero-order valence-corrected chi connectivity index (χ0v) is 11.8. The van der Waals surface area contributed by atoms with Gasteiger partial charge in [-0.1, -0.05) is 18.2 Å². The largest absolute Gasteiger partial charge is 0.490 e. The lowest BCUT2D eigenvalue weighted by molar-refractivity contribution is -0.154. The molecule has 0 unspecified atom stereocenters. The molecule has 3 rings (SSSR count). The molecule has 1 aromatic carbocycles. The van der Waals surface area contributed by atoms with Crippen molar-refractivity contribution in [2.24, 2.45) is 5.41 Å². The summed E-state index contributed by atoms with van der Waals surface area (Å²) in [7, 11) is 0. The third-order valence-electron chi connectivity index (χ3n) is 4.34. The van der Waals surface area contributed by atoms with Crippen molar-refractivity contribution in [2.75, 3.05) is 13.1 Å². The molecular formula is C16H19NO4. The molecule has 1 aliphatic heterocycles. The number of amides is 1. The number of hydrogen-bond acceptors (Lipinski definition) is 3. The number of piperidine rings is 1. The van der Waals surface area contributed by atoms with Gasteiger partial charge in [0.1, 0.15) is 17.3 Å². The number of ether oxygens (including phenoxy) is 1. The highest BCUT2D eigenvalue weighted by atomic mass is 16.5. The SMILES string of the molecule is O=C(O)C1(C(=O)N2CCC(Oc3ccccc3)CC2)CC1. The third-order valence-corrected chi connectivity index (χ3v) is 4.34. The van der Waals surface area contributed by atoms with Gasteiger partial charge in [-0.2, -0.15) is 0 Å². The maximum atomic E-state index is 12.3. The number of likely N-dealkylation sites (tertiary alicyclic amines) is 1. The average Bonchev–Trinajstić information content (AvgIpc) is 3.30. The Hall–Kier alpha value is -2.04. The molecule has 5 heteroatoms. The van der Waals surface area contributed by atoms with E-state index >= 15 is 0 Å².